The maximum atomic E-state index is 14.3. The van der Waals surface area contributed by atoms with Gasteiger partial charge in [-0.25, -0.2) is 4.57 Å². The summed E-state index contributed by atoms with van der Waals surface area (Å²) in [6.45, 7) is 4.11. The number of hydrogen-bond donors (Lipinski definition) is 1. The first-order valence-corrected chi connectivity index (χ1v) is 13.6. The molecule has 0 spiro atoms. The van der Waals surface area contributed by atoms with Crippen LogP contribution in [-0.2, 0) is 47.4 Å². The summed E-state index contributed by atoms with van der Waals surface area (Å²) in [5.74, 6) is -5.75. The molecular weight excluding hydrogens is 551 g/mol. The van der Waals surface area contributed by atoms with E-state index in [2.05, 4.69) is 0 Å². The number of carbonyl (C=O) groups excluding carboxylic acids is 4. The molecular formula is C26H29O13P. The van der Waals surface area contributed by atoms with Gasteiger partial charge in [0.25, 0.3) is 0 Å². The summed E-state index contributed by atoms with van der Waals surface area (Å²) in [6, 6.07) is 15.5. The number of carbonyl (C=O) groups is 4. The highest BCUT2D eigenvalue weighted by atomic mass is 31.2. The normalized spacial score (nSPS) is 23.2. The molecule has 0 radical (unpaired) electrons. The summed E-state index contributed by atoms with van der Waals surface area (Å²) in [7, 11) is -4.72. The molecule has 40 heavy (non-hydrogen) atoms. The highest BCUT2D eigenvalue weighted by Crippen LogP contribution is 2.55. The second kappa shape index (κ2) is 13.4. The molecule has 2 aromatic rings. The Kier molecular flexibility index (Phi) is 10.3. The number of rotatable bonds is 10. The monoisotopic (exact) mass is 580 g/mol. The molecule has 6 atom stereocenters. The second-order valence-corrected chi connectivity index (χ2v) is 10.5. The van der Waals surface area contributed by atoms with Crippen LogP contribution in [0.3, 0.4) is 0 Å². The highest BCUT2D eigenvalue weighted by molar-refractivity contribution is 7.55. The highest BCUT2D eigenvalue weighted by Gasteiger charge is 2.59. The van der Waals surface area contributed by atoms with Crippen LogP contribution in [0, 0.1) is 0 Å². The van der Waals surface area contributed by atoms with E-state index in [1.165, 1.54) is 24.3 Å². The van der Waals surface area contributed by atoms with Crippen molar-refractivity contribution in [3.8, 4) is 11.5 Å². The van der Waals surface area contributed by atoms with Gasteiger partial charge in [-0.2, -0.15) is 0 Å². The summed E-state index contributed by atoms with van der Waals surface area (Å²) >= 11 is 0. The summed E-state index contributed by atoms with van der Waals surface area (Å²) in [6.07, 6.45) is -8.70. The van der Waals surface area contributed by atoms with E-state index in [0.717, 1.165) is 27.7 Å². The molecule has 1 aliphatic rings. The summed E-state index contributed by atoms with van der Waals surface area (Å²) in [5, 5.41) is 11.6. The van der Waals surface area contributed by atoms with Crippen molar-refractivity contribution in [1.29, 1.82) is 0 Å². The zero-order valence-corrected chi connectivity index (χ0v) is 22.9. The number of para-hydroxylation sites is 2. The minimum atomic E-state index is -4.72. The molecule has 1 heterocycles. The number of ether oxygens (including phenoxy) is 5. The van der Waals surface area contributed by atoms with Crippen molar-refractivity contribution in [2.45, 2.75) is 64.2 Å². The Balaban J connectivity index is 2.12. The molecule has 1 saturated heterocycles. The van der Waals surface area contributed by atoms with E-state index in [0.29, 0.717) is 0 Å². The molecule has 1 aliphatic heterocycles. The van der Waals surface area contributed by atoms with Crippen LogP contribution < -0.4 is 9.05 Å². The molecule has 0 saturated carbocycles. The Labute approximate surface area is 229 Å². The second-order valence-electron chi connectivity index (χ2n) is 8.56. The van der Waals surface area contributed by atoms with Crippen LogP contribution in [0.4, 0.5) is 0 Å². The summed E-state index contributed by atoms with van der Waals surface area (Å²) in [4.78, 5) is 47.9. The zero-order chi connectivity index (χ0) is 29.4. The first-order chi connectivity index (χ1) is 18.9. The molecule has 0 aliphatic carbocycles. The molecule has 216 valence electrons. The SMILES string of the molecule is CC(=O)O[C@@H]1O[C@H](C(O)P(=O)(Oc2ccccc2)Oc2ccccc2)[C@@H](OC(C)=O)[C@H](OC(C)=O)[C@@H]1OC(C)=O. The summed E-state index contributed by atoms with van der Waals surface area (Å²) in [5.41, 5.74) is 0. The van der Waals surface area contributed by atoms with Crippen LogP contribution in [0.2, 0.25) is 0 Å². The molecule has 1 fully saturated rings. The topological polar surface area (TPSA) is 170 Å². The van der Waals surface area contributed by atoms with Crippen LogP contribution in [-0.4, -0.2) is 65.5 Å². The van der Waals surface area contributed by atoms with Crippen LogP contribution in [0.5, 0.6) is 11.5 Å². The molecule has 3 rings (SSSR count). The lowest BCUT2D eigenvalue weighted by Crippen LogP contribution is -2.64. The molecule has 0 bridgehead atoms. The smallest absolute Gasteiger partial charge is 0.456 e. The van der Waals surface area contributed by atoms with E-state index in [9.17, 15) is 28.8 Å². The van der Waals surface area contributed by atoms with E-state index in [4.69, 9.17) is 32.7 Å². The van der Waals surface area contributed by atoms with Gasteiger partial charge < -0.3 is 37.8 Å². The largest absolute Gasteiger partial charge is 0.462 e. The first kappa shape index (κ1) is 30.6. The lowest BCUT2D eigenvalue weighted by molar-refractivity contribution is -0.303. The lowest BCUT2D eigenvalue weighted by Gasteiger charge is -2.45. The standard InChI is InChI=1S/C26H29O13P/c1-15(27)33-21-22(34-16(2)28)24(35-17(3)29)26(36-18(4)30)37-23(21)25(31)40(32,38-19-11-7-5-8-12-19)39-20-13-9-6-10-14-20/h5-14,21-26,31H,1-4H3/t21-,22-,23-,24-,25?,26+/m0/s1. The fourth-order valence-corrected chi connectivity index (χ4v) is 5.55. The third-order valence-corrected chi connectivity index (χ3v) is 7.16. The Morgan fingerprint density at radius 3 is 1.50 bits per heavy atom. The van der Waals surface area contributed by atoms with Gasteiger partial charge in [-0.15, -0.1) is 0 Å². The maximum absolute atomic E-state index is 14.3. The van der Waals surface area contributed by atoms with Crippen molar-refractivity contribution in [2.24, 2.45) is 0 Å². The van der Waals surface area contributed by atoms with Crippen molar-refractivity contribution in [3.05, 3.63) is 60.7 Å². The van der Waals surface area contributed by atoms with Crippen molar-refractivity contribution in [2.75, 3.05) is 0 Å². The van der Waals surface area contributed by atoms with Crippen molar-refractivity contribution in [1.82, 2.24) is 0 Å². The quantitative estimate of drug-likeness (QED) is 0.247. The zero-order valence-electron chi connectivity index (χ0n) is 22.0. The third kappa shape index (κ3) is 8.04. The van der Waals surface area contributed by atoms with Gasteiger partial charge in [-0.1, -0.05) is 36.4 Å². The van der Waals surface area contributed by atoms with Crippen LogP contribution >= 0.6 is 7.60 Å². The Morgan fingerprint density at radius 1 is 0.675 bits per heavy atom. The van der Waals surface area contributed by atoms with Crippen LogP contribution in [0.1, 0.15) is 27.7 Å². The predicted octanol–water partition coefficient (Wildman–Crippen LogP) is 2.74. The van der Waals surface area contributed by atoms with Crippen molar-refractivity contribution < 1.29 is 61.6 Å². The molecule has 13 nitrogen and oxygen atoms in total. The summed E-state index contributed by atoms with van der Waals surface area (Å²) < 4.78 is 52.4. The van der Waals surface area contributed by atoms with Crippen LogP contribution in [0.25, 0.3) is 0 Å². The molecule has 0 amide bonds. The molecule has 1 N–H and O–H groups in total. The van der Waals surface area contributed by atoms with Gasteiger partial charge in [-0.3, -0.25) is 19.2 Å². The molecule has 2 aromatic carbocycles. The van der Waals surface area contributed by atoms with Gasteiger partial charge >= 0.3 is 31.5 Å². The van der Waals surface area contributed by atoms with Gasteiger partial charge in [0, 0.05) is 27.7 Å². The van der Waals surface area contributed by atoms with E-state index in [1.54, 1.807) is 36.4 Å². The molecule has 0 aromatic heterocycles. The minimum Gasteiger partial charge on any atom is -0.456 e. The molecule has 1 unspecified atom stereocenters. The average molecular weight is 580 g/mol. The van der Waals surface area contributed by atoms with Gasteiger partial charge in [0.15, 0.2) is 12.2 Å². The van der Waals surface area contributed by atoms with Gasteiger partial charge in [0.2, 0.25) is 18.2 Å². The number of aliphatic hydroxyl groups excluding tert-OH is 1. The van der Waals surface area contributed by atoms with Gasteiger partial charge in [0.1, 0.15) is 17.6 Å². The average Bonchev–Trinajstić information content (AvgIpc) is 2.87. The first-order valence-electron chi connectivity index (χ1n) is 12.0. The fourth-order valence-electron chi connectivity index (χ4n) is 3.87. The number of esters is 4. The minimum absolute atomic E-state index is 0.0477. The lowest BCUT2D eigenvalue weighted by atomic mass is 9.98. The Morgan fingerprint density at radius 2 is 1.07 bits per heavy atom. The predicted molar refractivity (Wildman–Crippen MR) is 135 cm³/mol. The maximum Gasteiger partial charge on any atom is 0.462 e. The number of hydrogen-bond acceptors (Lipinski definition) is 13. The Hall–Kier alpha value is -3.93. The van der Waals surface area contributed by atoms with Crippen LogP contribution in [0.15, 0.2) is 60.7 Å². The molecule has 14 heteroatoms. The fraction of sp³-hybridized carbons (Fsp3) is 0.385. The van der Waals surface area contributed by atoms with Crippen molar-refractivity contribution >= 4 is 31.5 Å². The van der Waals surface area contributed by atoms with E-state index < -0.39 is 68.0 Å². The van der Waals surface area contributed by atoms with E-state index in [-0.39, 0.29) is 11.5 Å². The van der Waals surface area contributed by atoms with E-state index >= 15 is 0 Å². The number of aliphatic hydroxyl groups is 1. The third-order valence-electron chi connectivity index (χ3n) is 5.29. The number of benzene rings is 2. The Bertz CT molecular complexity index is 1190. The van der Waals surface area contributed by atoms with Gasteiger partial charge in [0.05, 0.1) is 0 Å². The van der Waals surface area contributed by atoms with E-state index in [1.807, 2.05) is 0 Å². The van der Waals surface area contributed by atoms with Crippen molar-refractivity contribution in [3.63, 3.8) is 0 Å². The van der Waals surface area contributed by atoms with Gasteiger partial charge in [-0.05, 0) is 24.3 Å².